The van der Waals surface area contributed by atoms with Crippen LogP contribution in [0.15, 0.2) is 66.7 Å². The summed E-state index contributed by atoms with van der Waals surface area (Å²) >= 11 is 0. The number of hydrogen-bond donors (Lipinski definition) is 0. The van der Waals surface area contributed by atoms with E-state index in [2.05, 4.69) is 5.10 Å². The van der Waals surface area contributed by atoms with Crippen molar-refractivity contribution in [3.63, 3.8) is 0 Å². The molecule has 184 valence electrons. The third-order valence-corrected chi connectivity index (χ3v) is 8.02. The molecule has 8 nitrogen and oxygen atoms in total. The van der Waals surface area contributed by atoms with Crippen molar-refractivity contribution in [2.75, 3.05) is 18.1 Å². The number of nitrogens with zero attached hydrogens (tertiary/aromatic N) is 3. The van der Waals surface area contributed by atoms with E-state index in [4.69, 9.17) is 4.74 Å². The molecule has 2 atom stereocenters. The van der Waals surface area contributed by atoms with E-state index in [-0.39, 0.29) is 23.2 Å². The Morgan fingerprint density at radius 2 is 1.77 bits per heavy atom. The standard InChI is InChI=1S/C26H29N3O5S/c1-3-19(2)28(22-14-15-35(32,33)18-22)25(30)17-34-26(31)24-16-23(20-10-6-4-7-11-20)27-29(24)21-12-8-5-9-13-21/h4-13,16,19,22H,3,14-15,17-18H2,1-2H3. The zero-order valence-corrected chi connectivity index (χ0v) is 20.6. The van der Waals surface area contributed by atoms with E-state index in [1.807, 2.05) is 74.5 Å². The largest absolute Gasteiger partial charge is 0.451 e. The summed E-state index contributed by atoms with van der Waals surface area (Å²) in [5, 5.41) is 4.61. The fourth-order valence-corrected chi connectivity index (χ4v) is 6.03. The lowest BCUT2D eigenvalue weighted by atomic mass is 10.1. The normalized spacial score (nSPS) is 17.6. The maximum absolute atomic E-state index is 13.1. The van der Waals surface area contributed by atoms with Crippen molar-refractivity contribution in [2.45, 2.75) is 38.8 Å². The van der Waals surface area contributed by atoms with Crippen LogP contribution in [0.1, 0.15) is 37.2 Å². The van der Waals surface area contributed by atoms with Gasteiger partial charge in [-0.3, -0.25) is 4.79 Å². The molecule has 1 aromatic heterocycles. The van der Waals surface area contributed by atoms with Crippen LogP contribution in [0.5, 0.6) is 0 Å². The molecular formula is C26H29N3O5S. The fraction of sp³-hybridized carbons (Fsp3) is 0.346. The average Bonchev–Trinajstić information content (AvgIpc) is 3.47. The molecule has 1 aliphatic rings. The number of ether oxygens (including phenoxy) is 1. The van der Waals surface area contributed by atoms with Crippen LogP contribution >= 0.6 is 0 Å². The molecule has 2 heterocycles. The molecule has 2 unspecified atom stereocenters. The summed E-state index contributed by atoms with van der Waals surface area (Å²) < 4.78 is 30.9. The van der Waals surface area contributed by atoms with Gasteiger partial charge in [-0.05, 0) is 38.0 Å². The molecule has 0 bridgehead atoms. The van der Waals surface area contributed by atoms with Crippen LogP contribution in [0, 0.1) is 0 Å². The summed E-state index contributed by atoms with van der Waals surface area (Å²) in [7, 11) is -3.16. The number of carbonyl (C=O) groups excluding carboxylic acids is 2. The SMILES string of the molecule is CCC(C)N(C(=O)COC(=O)c1cc(-c2ccccc2)nn1-c1ccccc1)C1CCS(=O)(=O)C1. The van der Waals surface area contributed by atoms with Crippen LogP contribution in [0.3, 0.4) is 0 Å². The second-order valence-corrected chi connectivity index (χ2v) is 10.9. The predicted octanol–water partition coefficient (Wildman–Crippen LogP) is 3.51. The van der Waals surface area contributed by atoms with E-state index in [1.54, 1.807) is 11.0 Å². The van der Waals surface area contributed by atoms with E-state index >= 15 is 0 Å². The minimum absolute atomic E-state index is 0.0573. The van der Waals surface area contributed by atoms with E-state index in [9.17, 15) is 18.0 Å². The molecule has 0 spiro atoms. The molecule has 1 amide bonds. The highest BCUT2D eigenvalue weighted by Crippen LogP contribution is 2.24. The molecule has 0 saturated carbocycles. The van der Waals surface area contributed by atoms with Crippen molar-refractivity contribution < 1.29 is 22.7 Å². The Bertz CT molecular complexity index is 1290. The van der Waals surface area contributed by atoms with Crippen LogP contribution < -0.4 is 0 Å². The highest BCUT2D eigenvalue weighted by atomic mass is 32.2. The zero-order chi connectivity index (χ0) is 25.0. The topological polar surface area (TPSA) is 98.6 Å². The number of hydrogen-bond acceptors (Lipinski definition) is 6. The smallest absolute Gasteiger partial charge is 0.357 e. The van der Waals surface area contributed by atoms with Gasteiger partial charge in [0.15, 0.2) is 22.1 Å². The first kappa shape index (κ1) is 24.7. The minimum atomic E-state index is -3.16. The van der Waals surface area contributed by atoms with Gasteiger partial charge in [-0.15, -0.1) is 0 Å². The number of para-hydroxylation sites is 1. The Kier molecular flexibility index (Phi) is 7.35. The van der Waals surface area contributed by atoms with E-state index in [0.717, 1.165) is 5.56 Å². The van der Waals surface area contributed by atoms with Crippen molar-refractivity contribution in [3.05, 3.63) is 72.4 Å². The minimum Gasteiger partial charge on any atom is -0.451 e. The van der Waals surface area contributed by atoms with Gasteiger partial charge < -0.3 is 9.64 Å². The maximum atomic E-state index is 13.1. The average molecular weight is 496 g/mol. The molecule has 0 radical (unpaired) electrons. The number of aromatic nitrogens is 2. The number of benzene rings is 2. The summed E-state index contributed by atoms with van der Waals surface area (Å²) in [4.78, 5) is 27.8. The molecule has 35 heavy (non-hydrogen) atoms. The number of esters is 1. The molecule has 1 fully saturated rings. The maximum Gasteiger partial charge on any atom is 0.357 e. The molecule has 1 aliphatic heterocycles. The van der Waals surface area contributed by atoms with Crippen molar-refractivity contribution in [3.8, 4) is 16.9 Å². The Labute approximate surface area is 205 Å². The van der Waals surface area contributed by atoms with Gasteiger partial charge in [0, 0.05) is 17.6 Å². The van der Waals surface area contributed by atoms with Crippen LogP contribution in [0.4, 0.5) is 0 Å². The van der Waals surface area contributed by atoms with E-state index in [1.165, 1.54) is 4.68 Å². The second kappa shape index (κ2) is 10.4. The highest BCUT2D eigenvalue weighted by molar-refractivity contribution is 7.91. The molecule has 3 aromatic rings. The monoisotopic (exact) mass is 495 g/mol. The zero-order valence-electron chi connectivity index (χ0n) is 19.8. The lowest BCUT2D eigenvalue weighted by Gasteiger charge is -2.33. The van der Waals surface area contributed by atoms with Crippen molar-refractivity contribution >= 4 is 21.7 Å². The van der Waals surface area contributed by atoms with Crippen LogP contribution in [0.2, 0.25) is 0 Å². The first-order valence-electron chi connectivity index (χ1n) is 11.7. The van der Waals surface area contributed by atoms with Gasteiger partial charge in [-0.25, -0.2) is 17.9 Å². The van der Waals surface area contributed by atoms with Gasteiger partial charge in [0.1, 0.15) is 0 Å². The van der Waals surface area contributed by atoms with Crippen LogP contribution in [-0.4, -0.2) is 65.2 Å². The van der Waals surface area contributed by atoms with Crippen molar-refractivity contribution in [1.82, 2.24) is 14.7 Å². The summed E-state index contributed by atoms with van der Waals surface area (Å²) in [5.41, 5.74) is 2.33. The van der Waals surface area contributed by atoms with Crippen molar-refractivity contribution in [2.24, 2.45) is 0 Å². The summed E-state index contributed by atoms with van der Waals surface area (Å²) in [6.07, 6.45) is 1.06. The van der Waals surface area contributed by atoms with Gasteiger partial charge in [-0.1, -0.05) is 55.5 Å². The summed E-state index contributed by atoms with van der Waals surface area (Å²) in [5.74, 6) is -1.07. The molecule has 4 rings (SSSR count). The Morgan fingerprint density at radius 3 is 2.37 bits per heavy atom. The molecular weight excluding hydrogens is 466 g/mol. The Balaban J connectivity index is 1.56. The van der Waals surface area contributed by atoms with Crippen molar-refractivity contribution in [1.29, 1.82) is 0 Å². The molecule has 9 heteroatoms. The second-order valence-electron chi connectivity index (χ2n) is 8.72. The first-order chi connectivity index (χ1) is 16.8. The van der Waals surface area contributed by atoms with Gasteiger partial charge in [0.25, 0.3) is 5.91 Å². The fourth-order valence-electron chi connectivity index (χ4n) is 4.32. The lowest BCUT2D eigenvalue weighted by Crippen LogP contribution is -2.48. The lowest BCUT2D eigenvalue weighted by molar-refractivity contribution is -0.138. The third kappa shape index (κ3) is 5.62. The van der Waals surface area contributed by atoms with Gasteiger partial charge in [0.05, 0.1) is 22.9 Å². The van der Waals surface area contributed by atoms with E-state index < -0.39 is 34.4 Å². The first-order valence-corrected chi connectivity index (χ1v) is 13.5. The number of rotatable bonds is 8. The summed E-state index contributed by atoms with van der Waals surface area (Å²) in [6, 6.07) is 19.8. The third-order valence-electron chi connectivity index (χ3n) is 6.27. The van der Waals surface area contributed by atoms with Gasteiger partial charge in [-0.2, -0.15) is 5.10 Å². The quantitative estimate of drug-likeness (QED) is 0.444. The van der Waals surface area contributed by atoms with Gasteiger partial charge >= 0.3 is 5.97 Å². The van der Waals surface area contributed by atoms with E-state index in [0.29, 0.717) is 24.2 Å². The number of carbonyl (C=O) groups is 2. The molecule has 2 aromatic carbocycles. The molecule has 1 saturated heterocycles. The highest BCUT2D eigenvalue weighted by Gasteiger charge is 2.37. The predicted molar refractivity (Wildman–Crippen MR) is 133 cm³/mol. The molecule has 0 N–H and O–H groups in total. The summed E-state index contributed by atoms with van der Waals surface area (Å²) in [6.45, 7) is 3.34. The van der Waals surface area contributed by atoms with Crippen LogP contribution in [0.25, 0.3) is 16.9 Å². The molecule has 0 aliphatic carbocycles. The van der Waals surface area contributed by atoms with Gasteiger partial charge in [0.2, 0.25) is 0 Å². The Morgan fingerprint density at radius 1 is 1.11 bits per heavy atom. The number of amides is 1. The number of sulfone groups is 1. The van der Waals surface area contributed by atoms with Crippen LogP contribution in [-0.2, 0) is 19.4 Å². The Hall–Kier alpha value is -3.46.